The molecule has 0 saturated carbocycles. The van der Waals surface area contributed by atoms with Crippen molar-refractivity contribution in [3.05, 3.63) is 51.1 Å². The van der Waals surface area contributed by atoms with Gasteiger partial charge in [0.25, 0.3) is 0 Å². The monoisotopic (exact) mass is 507 g/mol. The summed E-state index contributed by atoms with van der Waals surface area (Å²) in [6, 6.07) is 9.62. The zero-order valence-electron chi connectivity index (χ0n) is 15.2. The highest BCUT2D eigenvalue weighted by atomic mass is 127. The normalized spacial score (nSPS) is 11.3. The molecule has 0 radical (unpaired) electrons. The molecular weight excluding hydrogens is 492 g/mol. The number of imidazole rings is 1. The fourth-order valence-electron chi connectivity index (χ4n) is 2.64. The van der Waals surface area contributed by atoms with E-state index in [0.29, 0.717) is 44.1 Å². The minimum absolute atomic E-state index is 0.249. The first-order valence-corrected chi connectivity index (χ1v) is 9.57. The van der Waals surface area contributed by atoms with Crippen molar-refractivity contribution in [2.24, 2.45) is 0 Å². The maximum absolute atomic E-state index is 13.4. The van der Waals surface area contributed by atoms with E-state index < -0.39 is 18.4 Å². The van der Waals surface area contributed by atoms with Crippen LogP contribution in [0.4, 0.5) is 4.39 Å². The number of benzene rings is 2. The molecule has 0 spiro atoms. The van der Waals surface area contributed by atoms with Crippen LogP contribution in [0.2, 0.25) is 0 Å². The van der Waals surface area contributed by atoms with Gasteiger partial charge in [-0.1, -0.05) is 0 Å². The molecule has 9 heteroatoms. The van der Waals surface area contributed by atoms with E-state index in [1.807, 2.05) is 22.6 Å². The number of carboxylic acids is 1. The SMILES string of the molecule is CCOc1cc(/C=C(/C#N)c2nc3ccc(F)cc3[nH]2)cc(I)c1OCC(=O)O. The maximum Gasteiger partial charge on any atom is 0.341 e. The van der Waals surface area contributed by atoms with E-state index >= 15 is 0 Å². The Hall–Kier alpha value is -3.13. The summed E-state index contributed by atoms with van der Waals surface area (Å²) in [6.45, 7) is 1.65. The van der Waals surface area contributed by atoms with E-state index in [2.05, 4.69) is 16.0 Å². The predicted octanol–water partition coefficient (Wildman–Crippen LogP) is 4.23. The standard InChI is InChI=1S/C20H15FIN3O4/c1-2-28-17-7-11(6-14(22)19(17)29-10-18(26)27)5-12(9-23)20-24-15-4-3-13(21)8-16(15)25-20/h3-8H,2,10H2,1H3,(H,24,25)(H,26,27)/b12-5-. The second-order valence-corrected chi connectivity index (χ2v) is 7.02. The smallest absolute Gasteiger partial charge is 0.341 e. The number of carboxylic acid groups (broad SMARTS) is 1. The van der Waals surface area contributed by atoms with Gasteiger partial charge in [0.1, 0.15) is 17.7 Å². The van der Waals surface area contributed by atoms with E-state index in [0.717, 1.165) is 0 Å². The molecule has 29 heavy (non-hydrogen) atoms. The van der Waals surface area contributed by atoms with Crippen molar-refractivity contribution >= 4 is 51.2 Å². The Morgan fingerprint density at radius 2 is 2.17 bits per heavy atom. The van der Waals surface area contributed by atoms with Crippen LogP contribution in [0.25, 0.3) is 22.7 Å². The second-order valence-electron chi connectivity index (χ2n) is 5.86. The summed E-state index contributed by atoms with van der Waals surface area (Å²) < 4.78 is 24.9. The molecule has 0 amide bonds. The van der Waals surface area contributed by atoms with Crippen LogP contribution >= 0.6 is 22.6 Å². The number of aliphatic carboxylic acids is 1. The van der Waals surface area contributed by atoms with E-state index in [1.165, 1.54) is 18.2 Å². The summed E-state index contributed by atoms with van der Waals surface area (Å²) in [4.78, 5) is 18.1. The third-order valence-corrected chi connectivity index (χ3v) is 4.60. The molecule has 0 atom stereocenters. The number of rotatable bonds is 7. The summed E-state index contributed by atoms with van der Waals surface area (Å²) in [5, 5.41) is 18.4. The molecule has 0 unspecified atom stereocenters. The fraction of sp³-hybridized carbons (Fsp3) is 0.150. The van der Waals surface area contributed by atoms with Crippen molar-refractivity contribution in [3.63, 3.8) is 0 Å². The molecule has 1 aromatic heterocycles. The number of nitriles is 1. The summed E-state index contributed by atoms with van der Waals surface area (Å²) in [5.74, 6) is -0.490. The molecule has 0 aliphatic heterocycles. The van der Waals surface area contributed by atoms with Crippen LogP contribution in [-0.2, 0) is 4.79 Å². The molecular formula is C20H15FIN3O4. The third kappa shape index (κ3) is 4.83. The highest BCUT2D eigenvalue weighted by Gasteiger charge is 2.15. The van der Waals surface area contributed by atoms with E-state index in [4.69, 9.17) is 14.6 Å². The van der Waals surface area contributed by atoms with Gasteiger partial charge < -0.3 is 19.6 Å². The minimum Gasteiger partial charge on any atom is -0.490 e. The van der Waals surface area contributed by atoms with Crippen molar-refractivity contribution in [2.45, 2.75) is 6.92 Å². The Morgan fingerprint density at radius 3 is 2.86 bits per heavy atom. The lowest BCUT2D eigenvalue weighted by Crippen LogP contribution is -2.11. The van der Waals surface area contributed by atoms with Gasteiger partial charge in [0.15, 0.2) is 18.1 Å². The van der Waals surface area contributed by atoms with Gasteiger partial charge in [-0.2, -0.15) is 5.26 Å². The topological polar surface area (TPSA) is 108 Å². The molecule has 0 aliphatic carbocycles. The lowest BCUT2D eigenvalue weighted by atomic mass is 10.1. The Balaban J connectivity index is 2.01. The largest absolute Gasteiger partial charge is 0.490 e. The number of H-pyrrole nitrogens is 1. The van der Waals surface area contributed by atoms with Crippen LogP contribution < -0.4 is 9.47 Å². The van der Waals surface area contributed by atoms with E-state index in [9.17, 15) is 14.4 Å². The van der Waals surface area contributed by atoms with Crippen molar-refractivity contribution in [1.82, 2.24) is 9.97 Å². The average Bonchev–Trinajstić information content (AvgIpc) is 3.08. The van der Waals surface area contributed by atoms with Gasteiger partial charge in [0.2, 0.25) is 0 Å². The van der Waals surface area contributed by atoms with Gasteiger partial charge in [0, 0.05) is 0 Å². The first-order chi connectivity index (χ1) is 13.9. The first-order valence-electron chi connectivity index (χ1n) is 8.49. The van der Waals surface area contributed by atoms with Crippen molar-refractivity contribution < 1.29 is 23.8 Å². The Morgan fingerprint density at radius 1 is 1.38 bits per heavy atom. The Kier molecular flexibility index (Phi) is 6.33. The number of ether oxygens (including phenoxy) is 2. The fourth-order valence-corrected chi connectivity index (χ4v) is 3.42. The van der Waals surface area contributed by atoms with Gasteiger partial charge in [0.05, 0.1) is 26.8 Å². The summed E-state index contributed by atoms with van der Waals surface area (Å²) in [5.41, 5.74) is 1.93. The number of aromatic nitrogens is 2. The second kappa shape index (κ2) is 8.91. The lowest BCUT2D eigenvalue weighted by molar-refractivity contribution is -0.139. The van der Waals surface area contributed by atoms with Crippen molar-refractivity contribution in [2.75, 3.05) is 13.2 Å². The summed E-state index contributed by atoms with van der Waals surface area (Å²) in [7, 11) is 0. The molecule has 2 N–H and O–H groups in total. The number of nitrogens with one attached hydrogen (secondary N) is 1. The highest BCUT2D eigenvalue weighted by Crippen LogP contribution is 2.35. The van der Waals surface area contributed by atoms with E-state index in [1.54, 1.807) is 25.1 Å². The van der Waals surface area contributed by atoms with Crippen LogP contribution in [0.3, 0.4) is 0 Å². The zero-order chi connectivity index (χ0) is 21.0. The maximum atomic E-state index is 13.4. The zero-order valence-corrected chi connectivity index (χ0v) is 17.4. The van der Waals surface area contributed by atoms with Gasteiger partial charge in [-0.15, -0.1) is 0 Å². The van der Waals surface area contributed by atoms with Crippen LogP contribution in [-0.4, -0.2) is 34.3 Å². The van der Waals surface area contributed by atoms with Crippen LogP contribution in [0.15, 0.2) is 30.3 Å². The number of aromatic amines is 1. The van der Waals surface area contributed by atoms with Gasteiger partial charge in [-0.25, -0.2) is 14.2 Å². The molecule has 0 fully saturated rings. The molecule has 2 aromatic carbocycles. The Labute approximate surface area is 178 Å². The number of allylic oxidation sites excluding steroid dienone is 1. The number of carbonyl (C=O) groups is 1. The van der Waals surface area contributed by atoms with Crippen LogP contribution in [0.5, 0.6) is 11.5 Å². The number of hydrogen-bond acceptors (Lipinski definition) is 5. The first kappa shape index (κ1) is 20.6. The molecule has 0 bridgehead atoms. The summed E-state index contributed by atoms with van der Waals surface area (Å²) in [6.07, 6.45) is 1.61. The van der Waals surface area contributed by atoms with Gasteiger partial charge >= 0.3 is 5.97 Å². The Bertz CT molecular complexity index is 1150. The quantitative estimate of drug-likeness (QED) is 0.366. The van der Waals surface area contributed by atoms with Crippen molar-refractivity contribution in [1.29, 1.82) is 5.26 Å². The van der Waals surface area contributed by atoms with E-state index in [-0.39, 0.29) is 5.57 Å². The number of hydrogen-bond donors (Lipinski definition) is 2. The van der Waals surface area contributed by atoms with Crippen molar-refractivity contribution in [3.8, 4) is 17.6 Å². The van der Waals surface area contributed by atoms with Crippen LogP contribution in [0.1, 0.15) is 18.3 Å². The number of halogens is 2. The number of nitrogens with zero attached hydrogens (tertiary/aromatic N) is 2. The molecule has 1 heterocycles. The molecule has 3 rings (SSSR count). The average molecular weight is 507 g/mol. The third-order valence-electron chi connectivity index (χ3n) is 3.80. The molecule has 3 aromatic rings. The van der Waals surface area contributed by atoms with Gasteiger partial charge in [-0.05, 0) is 71.5 Å². The molecule has 148 valence electrons. The molecule has 0 aliphatic rings. The highest BCUT2D eigenvalue weighted by molar-refractivity contribution is 14.1. The number of fused-ring (bicyclic) bond motifs is 1. The predicted molar refractivity (Wildman–Crippen MR) is 113 cm³/mol. The van der Waals surface area contributed by atoms with Crippen LogP contribution in [0, 0.1) is 20.7 Å². The molecule has 0 saturated heterocycles. The lowest BCUT2D eigenvalue weighted by Gasteiger charge is -2.13. The minimum atomic E-state index is -1.10. The summed E-state index contributed by atoms with van der Waals surface area (Å²) >= 11 is 2.01. The molecule has 7 nitrogen and oxygen atoms in total. The van der Waals surface area contributed by atoms with Gasteiger partial charge in [-0.3, -0.25) is 0 Å².